The van der Waals surface area contributed by atoms with Crippen molar-refractivity contribution in [3.05, 3.63) is 53.1 Å². The summed E-state index contributed by atoms with van der Waals surface area (Å²) in [4.78, 5) is 4.17. The highest BCUT2D eigenvalue weighted by molar-refractivity contribution is 14.0. The molecule has 0 heterocycles. The zero-order valence-electron chi connectivity index (χ0n) is 17.7. The average molecular weight is 553 g/mol. The molecule has 0 aromatic heterocycles. The summed E-state index contributed by atoms with van der Waals surface area (Å²) in [7, 11) is 3.06. The third-order valence-electron chi connectivity index (χ3n) is 4.10. The molecule has 0 unspecified atom stereocenters. The summed E-state index contributed by atoms with van der Waals surface area (Å²) >= 11 is 0. The highest BCUT2D eigenvalue weighted by atomic mass is 127. The summed E-state index contributed by atoms with van der Waals surface area (Å²) in [5.41, 5.74) is 5.90. The summed E-state index contributed by atoms with van der Waals surface area (Å²) < 4.78 is 56.0. The van der Waals surface area contributed by atoms with Gasteiger partial charge >= 0.3 is 6.18 Å². The first kappa shape index (κ1) is 26.7. The van der Waals surface area contributed by atoms with Gasteiger partial charge < -0.3 is 25.3 Å². The van der Waals surface area contributed by atoms with Gasteiger partial charge in [0.15, 0.2) is 17.5 Å². The number of alkyl halides is 3. The Morgan fingerprint density at radius 2 is 1.74 bits per heavy atom. The van der Waals surface area contributed by atoms with Crippen LogP contribution in [0.5, 0.6) is 17.2 Å². The fourth-order valence-electron chi connectivity index (χ4n) is 2.72. The van der Waals surface area contributed by atoms with E-state index in [2.05, 4.69) is 10.3 Å². The summed E-state index contributed by atoms with van der Waals surface area (Å²) in [5, 5.41) is 2.72. The van der Waals surface area contributed by atoms with Gasteiger partial charge in [-0.3, -0.25) is 0 Å². The Kier molecular flexibility index (Phi) is 10.2. The molecule has 31 heavy (non-hydrogen) atoms. The maximum absolute atomic E-state index is 13.4. The summed E-state index contributed by atoms with van der Waals surface area (Å²) in [5.74, 6) is 1.33. The van der Waals surface area contributed by atoms with Crippen molar-refractivity contribution in [2.24, 2.45) is 10.7 Å². The van der Waals surface area contributed by atoms with Gasteiger partial charge in [-0.2, -0.15) is 13.2 Å². The van der Waals surface area contributed by atoms with E-state index >= 15 is 0 Å². The number of guanidine groups is 1. The normalized spacial score (nSPS) is 11.7. The number of aliphatic imine (C=N–C) groups is 1. The standard InChI is InChI=1S/C21H26F3N3O3.HI/c1-13(2)30-16-7-6-15(17(10-16)21(22,23)24)12-27-20(25)26-11-14-5-8-18(28-3)19(9-14)29-4;/h5-10,13H,11-12H2,1-4H3,(H3,25,26,27);1H. The maximum atomic E-state index is 13.4. The largest absolute Gasteiger partial charge is 0.493 e. The number of ether oxygens (including phenoxy) is 3. The van der Waals surface area contributed by atoms with Gasteiger partial charge in [-0.15, -0.1) is 24.0 Å². The van der Waals surface area contributed by atoms with Crippen molar-refractivity contribution in [2.45, 2.75) is 39.2 Å². The minimum atomic E-state index is -4.51. The molecule has 0 spiro atoms. The lowest BCUT2D eigenvalue weighted by Crippen LogP contribution is -2.32. The molecule has 0 amide bonds. The molecule has 2 aromatic carbocycles. The number of rotatable bonds is 8. The van der Waals surface area contributed by atoms with Crippen molar-refractivity contribution < 1.29 is 27.4 Å². The van der Waals surface area contributed by atoms with Gasteiger partial charge in [0.2, 0.25) is 0 Å². The van der Waals surface area contributed by atoms with Crippen LogP contribution in [0.4, 0.5) is 13.2 Å². The van der Waals surface area contributed by atoms with Crippen molar-refractivity contribution >= 4 is 29.9 Å². The quantitative estimate of drug-likeness (QED) is 0.281. The van der Waals surface area contributed by atoms with E-state index < -0.39 is 11.7 Å². The first-order valence-corrected chi connectivity index (χ1v) is 9.25. The van der Waals surface area contributed by atoms with E-state index in [0.29, 0.717) is 11.5 Å². The van der Waals surface area contributed by atoms with E-state index in [1.165, 1.54) is 26.4 Å². The predicted octanol–water partition coefficient (Wildman–Crippen LogP) is 4.73. The Bertz CT molecular complexity index is 890. The monoisotopic (exact) mass is 553 g/mol. The van der Waals surface area contributed by atoms with Crippen LogP contribution in [0.25, 0.3) is 0 Å². The van der Waals surface area contributed by atoms with E-state index in [0.717, 1.165) is 11.6 Å². The van der Waals surface area contributed by atoms with Crippen molar-refractivity contribution in [3.63, 3.8) is 0 Å². The van der Waals surface area contributed by atoms with Crippen LogP contribution in [0.1, 0.15) is 30.5 Å². The summed E-state index contributed by atoms with van der Waals surface area (Å²) in [6, 6.07) is 9.16. The molecule has 0 radical (unpaired) electrons. The van der Waals surface area contributed by atoms with Crippen molar-refractivity contribution in [2.75, 3.05) is 14.2 Å². The Morgan fingerprint density at radius 3 is 2.32 bits per heavy atom. The van der Waals surface area contributed by atoms with Crippen LogP contribution in [-0.2, 0) is 19.3 Å². The van der Waals surface area contributed by atoms with E-state index in [4.69, 9.17) is 19.9 Å². The summed E-state index contributed by atoms with van der Waals surface area (Å²) in [6.07, 6.45) is -4.74. The van der Waals surface area contributed by atoms with Crippen LogP contribution in [0.3, 0.4) is 0 Å². The Balaban J connectivity index is 0.00000480. The highest BCUT2D eigenvalue weighted by Crippen LogP contribution is 2.34. The Labute approximate surface area is 197 Å². The highest BCUT2D eigenvalue weighted by Gasteiger charge is 2.33. The molecule has 10 heteroatoms. The van der Waals surface area contributed by atoms with E-state index in [1.54, 1.807) is 32.0 Å². The number of nitrogens with one attached hydrogen (secondary N) is 1. The second-order valence-corrected chi connectivity index (χ2v) is 6.73. The molecule has 2 aromatic rings. The van der Waals surface area contributed by atoms with Gasteiger partial charge in [-0.05, 0) is 49.2 Å². The molecule has 0 atom stereocenters. The van der Waals surface area contributed by atoms with Crippen LogP contribution in [0.2, 0.25) is 0 Å². The molecule has 0 bridgehead atoms. The molecule has 0 aliphatic carbocycles. The first-order valence-electron chi connectivity index (χ1n) is 9.25. The molecule has 0 saturated carbocycles. The lowest BCUT2D eigenvalue weighted by atomic mass is 10.1. The second kappa shape index (κ2) is 11.9. The molecular weight excluding hydrogens is 526 g/mol. The maximum Gasteiger partial charge on any atom is 0.416 e. The third kappa shape index (κ3) is 8.00. The minimum absolute atomic E-state index is 0. The fourth-order valence-corrected chi connectivity index (χ4v) is 2.72. The lowest BCUT2D eigenvalue weighted by Gasteiger charge is -2.17. The predicted molar refractivity (Wildman–Crippen MR) is 124 cm³/mol. The van der Waals surface area contributed by atoms with Gasteiger partial charge in [0.1, 0.15) is 5.75 Å². The topological polar surface area (TPSA) is 78.1 Å². The SMILES string of the molecule is COc1ccc(CN=C(N)NCc2ccc(OC(C)C)cc2C(F)(F)F)cc1OC.I. The average Bonchev–Trinajstić information content (AvgIpc) is 2.69. The van der Waals surface area contributed by atoms with Gasteiger partial charge in [-0.25, -0.2) is 4.99 Å². The lowest BCUT2D eigenvalue weighted by molar-refractivity contribution is -0.138. The van der Waals surface area contributed by atoms with Crippen LogP contribution in [0, 0.1) is 0 Å². The molecule has 0 saturated heterocycles. The van der Waals surface area contributed by atoms with Crippen molar-refractivity contribution in [1.29, 1.82) is 0 Å². The van der Waals surface area contributed by atoms with E-state index in [1.807, 2.05) is 0 Å². The minimum Gasteiger partial charge on any atom is -0.493 e. The van der Waals surface area contributed by atoms with Gasteiger partial charge in [0, 0.05) is 6.54 Å². The third-order valence-corrected chi connectivity index (χ3v) is 4.10. The van der Waals surface area contributed by atoms with Crippen LogP contribution in [0.15, 0.2) is 41.4 Å². The van der Waals surface area contributed by atoms with Gasteiger partial charge in [0.05, 0.1) is 32.4 Å². The number of methoxy groups -OCH3 is 2. The fraction of sp³-hybridized carbons (Fsp3) is 0.381. The number of nitrogens with two attached hydrogens (primary N) is 1. The second-order valence-electron chi connectivity index (χ2n) is 6.73. The van der Waals surface area contributed by atoms with E-state index in [-0.39, 0.29) is 60.4 Å². The number of halogens is 4. The number of hydrogen-bond donors (Lipinski definition) is 2. The molecule has 0 aliphatic rings. The van der Waals surface area contributed by atoms with Crippen molar-refractivity contribution in [1.82, 2.24) is 5.32 Å². The Hall–Kier alpha value is -2.37. The molecule has 6 nitrogen and oxygen atoms in total. The van der Waals surface area contributed by atoms with Crippen LogP contribution < -0.4 is 25.3 Å². The van der Waals surface area contributed by atoms with Gasteiger partial charge in [0.25, 0.3) is 0 Å². The number of nitrogens with zero attached hydrogens (tertiary/aromatic N) is 1. The van der Waals surface area contributed by atoms with Crippen molar-refractivity contribution in [3.8, 4) is 17.2 Å². The molecule has 0 fully saturated rings. The van der Waals surface area contributed by atoms with Crippen LogP contribution in [-0.4, -0.2) is 26.3 Å². The summed E-state index contributed by atoms with van der Waals surface area (Å²) in [6.45, 7) is 3.60. The zero-order valence-corrected chi connectivity index (χ0v) is 20.1. The molecule has 0 aliphatic heterocycles. The molecule has 3 N–H and O–H groups in total. The molecule has 172 valence electrons. The van der Waals surface area contributed by atoms with E-state index in [9.17, 15) is 13.2 Å². The zero-order chi connectivity index (χ0) is 22.3. The first-order chi connectivity index (χ1) is 14.1. The number of benzene rings is 2. The smallest absolute Gasteiger partial charge is 0.416 e. The molecular formula is C21H27F3IN3O3. The van der Waals surface area contributed by atoms with Crippen LogP contribution >= 0.6 is 24.0 Å². The number of hydrogen-bond acceptors (Lipinski definition) is 4. The molecule has 2 rings (SSSR count). The van der Waals surface area contributed by atoms with Gasteiger partial charge in [-0.1, -0.05) is 12.1 Å². The Morgan fingerprint density at radius 1 is 1.06 bits per heavy atom.